The first kappa shape index (κ1) is 12.9. The van der Waals surface area contributed by atoms with Gasteiger partial charge in [-0.3, -0.25) is 0 Å². The fourth-order valence-electron chi connectivity index (χ4n) is 2.39. The molecule has 15 heavy (non-hydrogen) atoms. The monoisotopic (exact) mass is 215 g/mol. The summed E-state index contributed by atoms with van der Waals surface area (Å²) in [5.74, 6) is 0. The van der Waals surface area contributed by atoms with Crippen LogP contribution in [0.3, 0.4) is 0 Å². The van der Waals surface area contributed by atoms with Crippen molar-refractivity contribution in [2.45, 2.75) is 37.8 Å². The molecule has 0 aromatic heterocycles. The summed E-state index contributed by atoms with van der Waals surface area (Å²) in [6.45, 7) is 5.21. The molecular weight excluding hydrogens is 190 g/mol. The molecule has 1 saturated heterocycles. The third kappa shape index (κ3) is 3.41. The van der Waals surface area contributed by atoms with Crippen molar-refractivity contribution in [2.75, 3.05) is 33.3 Å². The van der Waals surface area contributed by atoms with Gasteiger partial charge in [-0.25, -0.2) is 0 Å². The molecule has 0 amide bonds. The molecule has 1 rings (SSSR count). The van der Waals surface area contributed by atoms with Crippen LogP contribution in [0.2, 0.25) is 0 Å². The minimum atomic E-state index is 0.0740. The lowest BCUT2D eigenvalue weighted by molar-refractivity contribution is 0.226. The van der Waals surface area contributed by atoms with Gasteiger partial charge in [0.1, 0.15) is 0 Å². The van der Waals surface area contributed by atoms with Gasteiger partial charge < -0.3 is 21.1 Å². The molecule has 0 aromatic carbocycles. The molecule has 0 bridgehead atoms. The Balaban J connectivity index is 2.51. The quantitative estimate of drug-likeness (QED) is 0.573. The van der Waals surface area contributed by atoms with E-state index in [9.17, 15) is 0 Å². The summed E-state index contributed by atoms with van der Waals surface area (Å²) in [5.41, 5.74) is 5.95. The van der Waals surface area contributed by atoms with Gasteiger partial charge in [-0.15, -0.1) is 0 Å². The lowest BCUT2D eigenvalue weighted by Gasteiger charge is -2.33. The van der Waals surface area contributed by atoms with Crippen LogP contribution in [-0.2, 0) is 0 Å². The van der Waals surface area contributed by atoms with E-state index < -0.39 is 0 Å². The molecule has 90 valence electrons. The van der Waals surface area contributed by atoms with Gasteiger partial charge in [0, 0.05) is 31.3 Å². The van der Waals surface area contributed by atoms with E-state index in [0.29, 0.717) is 12.6 Å². The maximum atomic E-state index is 8.97. The molecule has 0 radical (unpaired) electrons. The fourth-order valence-corrected chi connectivity index (χ4v) is 2.39. The molecule has 0 aromatic rings. The van der Waals surface area contributed by atoms with Gasteiger partial charge in [0.25, 0.3) is 0 Å². The van der Waals surface area contributed by atoms with Crippen LogP contribution >= 0.6 is 0 Å². The Hall–Kier alpha value is -0.160. The van der Waals surface area contributed by atoms with Gasteiger partial charge in [-0.05, 0) is 32.9 Å². The molecule has 4 N–H and O–H groups in total. The van der Waals surface area contributed by atoms with Crippen molar-refractivity contribution in [1.29, 1.82) is 0 Å². The first-order valence-corrected chi connectivity index (χ1v) is 5.93. The van der Waals surface area contributed by atoms with Crippen LogP contribution in [0.1, 0.15) is 26.2 Å². The van der Waals surface area contributed by atoms with Crippen molar-refractivity contribution < 1.29 is 5.11 Å². The lowest BCUT2D eigenvalue weighted by Crippen LogP contribution is -2.56. The zero-order valence-electron chi connectivity index (χ0n) is 10.00. The Morgan fingerprint density at radius 1 is 1.60 bits per heavy atom. The van der Waals surface area contributed by atoms with Gasteiger partial charge in [0.2, 0.25) is 0 Å². The number of likely N-dealkylation sites (tertiary alicyclic amines) is 1. The van der Waals surface area contributed by atoms with Crippen molar-refractivity contribution in [1.82, 2.24) is 10.2 Å². The van der Waals surface area contributed by atoms with Crippen LogP contribution in [0.25, 0.3) is 0 Å². The van der Waals surface area contributed by atoms with Gasteiger partial charge in [0.15, 0.2) is 0 Å². The Morgan fingerprint density at radius 3 is 2.73 bits per heavy atom. The second-order valence-electron chi connectivity index (χ2n) is 4.73. The van der Waals surface area contributed by atoms with Crippen LogP contribution in [0, 0.1) is 0 Å². The number of aliphatic hydroxyl groups is 1. The highest BCUT2D eigenvalue weighted by atomic mass is 16.3. The molecule has 1 heterocycles. The third-order valence-electron chi connectivity index (χ3n) is 3.42. The predicted octanol–water partition coefficient (Wildman–Crippen LogP) is -0.230. The van der Waals surface area contributed by atoms with Crippen molar-refractivity contribution in [3.05, 3.63) is 0 Å². The van der Waals surface area contributed by atoms with Crippen LogP contribution in [0.5, 0.6) is 0 Å². The molecular formula is C11H25N3O. The summed E-state index contributed by atoms with van der Waals surface area (Å²) < 4.78 is 0. The summed E-state index contributed by atoms with van der Waals surface area (Å²) in [4.78, 5) is 2.31. The SMILES string of the molecule is CCC(CCO)NC1(CN)CCN(C)C1. The highest BCUT2D eigenvalue weighted by Crippen LogP contribution is 2.20. The highest BCUT2D eigenvalue weighted by molar-refractivity contribution is 4.98. The van der Waals surface area contributed by atoms with E-state index in [0.717, 1.165) is 32.4 Å². The van der Waals surface area contributed by atoms with Crippen LogP contribution < -0.4 is 11.1 Å². The number of nitrogens with zero attached hydrogens (tertiary/aromatic N) is 1. The molecule has 1 aliphatic rings. The van der Waals surface area contributed by atoms with E-state index in [2.05, 4.69) is 24.2 Å². The smallest absolute Gasteiger partial charge is 0.0446 e. The number of nitrogens with one attached hydrogen (secondary N) is 1. The summed E-state index contributed by atoms with van der Waals surface area (Å²) in [6.07, 6.45) is 2.98. The van der Waals surface area contributed by atoms with Gasteiger partial charge >= 0.3 is 0 Å². The van der Waals surface area contributed by atoms with E-state index in [1.807, 2.05) is 0 Å². The maximum Gasteiger partial charge on any atom is 0.0446 e. The number of likely N-dealkylation sites (N-methyl/N-ethyl adjacent to an activating group) is 1. The van der Waals surface area contributed by atoms with Crippen LogP contribution in [0.4, 0.5) is 0 Å². The molecule has 2 unspecified atom stereocenters. The Bertz CT molecular complexity index is 189. The molecule has 0 saturated carbocycles. The average Bonchev–Trinajstić information content (AvgIpc) is 2.60. The largest absolute Gasteiger partial charge is 0.396 e. The van der Waals surface area contributed by atoms with E-state index in [4.69, 9.17) is 10.8 Å². The Labute approximate surface area is 92.8 Å². The van der Waals surface area contributed by atoms with Crippen molar-refractivity contribution in [3.8, 4) is 0 Å². The number of aliphatic hydroxyl groups excluding tert-OH is 1. The zero-order valence-corrected chi connectivity index (χ0v) is 10.00. The molecule has 1 aliphatic heterocycles. The molecule has 0 aliphatic carbocycles. The predicted molar refractivity (Wildman–Crippen MR) is 62.8 cm³/mol. The molecule has 1 fully saturated rings. The molecule has 4 heteroatoms. The second-order valence-corrected chi connectivity index (χ2v) is 4.73. The minimum Gasteiger partial charge on any atom is -0.396 e. The number of hydrogen-bond acceptors (Lipinski definition) is 4. The van der Waals surface area contributed by atoms with E-state index >= 15 is 0 Å². The number of hydrogen-bond donors (Lipinski definition) is 3. The van der Waals surface area contributed by atoms with Crippen LogP contribution in [-0.4, -0.2) is 54.9 Å². The summed E-state index contributed by atoms with van der Waals surface area (Å²) in [7, 11) is 2.13. The topological polar surface area (TPSA) is 61.5 Å². The van der Waals surface area contributed by atoms with E-state index in [1.165, 1.54) is 0 Å². The number of nitrogens with two attached hydrogens (primary N) is 1. The minimum absolute atomic E-state index is 0.0740. The summed E-state index contributed by atoms with van der Waals surface area (Å²) in [5, 5.41) is 12.6. The van der Waals surface area contributed by atoms with E-state index in [1.54, 1.807) is 0 Å². The normalized spacial score (nSPS) is 29.6. The highest BCUT2D eigenvalue weighted by Gasteiger charge is 2.36. The van der Waals surface area contributed by atoms with Gasteiger partial charge in [0.05, 0.1) is 0 Å². The first-order chi connectivity index (χ1) is 7.15. The maximum absolute atomic E-state index is 8.97. The Morgan fingerprint density at radius 2 is 2.33 bits per heavy atom. The molecule has 4 nitrogen and oxygen atoms in total. The second kappa shape index (κ2) is 5.80. The van der Waals surface area contributed by atoms with Crippen molar-refractivity contribution >= 4 is 0 Å². The first-order valence-electron chi connectivity index (χ1n) is 5.93. The van der Waals surface area contributed by atoms with Crippen molar-refractivity contribution in [2.24, 2.45) is 5.73 Å². The standard InChI is InChI=1S/C11H25N3O/c1-3-10(4-7-15)13-11(8-12)5-6-14(2)9-11/h10,13,15H,3-9,12H2,1-2H3. The summed E-state index contributed by atoms with van der Waals surface area (Å²) >= 11 is 0. The Kier molecular flexibility index (Phi) is 4.99. The van der Waals surface area contributed by atoms with Crippen LogP contribution in [0.15, 0.2) is 0 Å². The molecule has 0 spiro atoms. The number of rotatable bonds is 6. The fraction of sp³-hybridized carbons (Fsp3) is 1.00. The van der Waals surface area contributed by atoms with Crippen molar-refractivity contribution in [3.63, 3.8) is 0 Å². The van der Waals surface area contributed by atoms with Gasteiger partial charge in [-0.2, -0.15) is 0 Å². The molecule has 2 atom stereocenters. The van der Waals surface area contributed by atoms with E-state index in [-0.39, 0.29) is 12.1 Å². The zero-order chi connectivity index (χ0) is 11.3. The third-order valence-corrected chi connectivity index (χ3v) is 3.42. The average molecular weight is 215 g/mol. The lowest BCUT2D eigenvalue weighted by atomic mass is 9.96. The van der Waals surface area contributed by atoms with Gasteiger partial charge in [-0.1, -0.05) is 6.92 Å². The summed E-state index contributed by atoms with van der Waals surface area (Å²) in [6, 6.07) is 0.394.